The van der Waals surface area contributed by atoms with Gasteiger partial charge in [-0.05, 0) is 37.8 Å². The Morgan fingerprint density at radius 2 is 2.00 bits per heavy atom. The number of imidazole rings is 1. The lowest BCUT2D eigenvalue weighted by atomic mass is 10.0. The second-order valence-corrected chi connectivity index (χ2v) is 6.81. The molecule has 2 N–H and O–H groups in total. The van der Waals surface area contributed by atoms with Gasteiger partial charge in [0.05, 0.1) is 6.04 Å². The summed E-state index contributed by atoms with van der Waals surface area (Å²) >= 11 is 0. The molecule has 136 valence electrons. The molecular weight excluding hydrogens is 310 g/mol. The molecule has 0 aliphatic rings. The van der Waals surface area contributed by atoms with Crippen LogP contribution in [0.3, 0.4) is 0 Å². The summed E-state index contributed by atoms with van der Waals surface area (Å²) in [5.41, 5.74) is 2.57. The van der Waals surface area contributed by atoms with Crippen molar-refractivity contribution in [2.24, 2.45) is 10.9 Å². The quantitative estimate of drug-likeness (QED) is 0.597. The maximum absolute atomic E-state index is 4.73. The second kappa shape index (κ2) is 9.25. The first kappa shape index (κ1) is 19.0. The SMILES string of the molecule is CCNC(=NCc1nccn1CC(C)C)NC(C)c1ccccc1C. The number of aryl methyl sites for hydroxylation is 1. The number of aromatic nitrogens is 2. The highest BCUT2D eigenvalue weighted by Gasteiger charge is 2.10. The van der Waals surface area contributed by atoms with E-state index in [2.05, 4.69) is 79.1 Å². The summed E-state index contributed by atoms with van der Waals surface area (Å²) < 4.78 is 2.18. The van der Waals surface area contributed by atoms with Gasteiger partial charge in [0.15, 0.2) is 5.96 Å². The van der Waals surface area contributed by atoms with Crippen LogP contribution in [0.2, 0.25) is 0 Å². The molecule has 2 rings (SSSR count). The van der Waals surface area contributed by atoms with Crippen molar-refractivity contribution in [1.29, 1.82) is 0 Å². The third-order valence-corrected chi connectivity index (χ3v) is 4.09. The first-order chi connectivity index (χ1) is 12.0. The number of benzene rings is 1. The molecule has 1 atom stereocenters. The van der Waals surface area contributed by atoms with Crippen molar-refractivity contribution in [1.82, 2.24) is 20.2 Å². The van der Waals surface area contributed by atoms with Gasteiger partial charge in [-0.2, -0.15) is 0 Å². The van der Waals surface area contributed by atoms with E-state index in [1.165, 1.54) is 11.1 Å². The highest BCUT2D eigenvalue weighted by molar-refractivity contribution is 5.80. The summed E-state index contributed by atoms with van der Waals surface area (Å²) in [5.74, 6) is 2.40. The van der Waals surface area contributed by atoms with Crippen LogP contribution in [0.15, 0.2) is 41.7 Å². The van der Waals surface area contributed by atoms with E-state index >= 15 is 0 Å². The lowest BCUT2D eigenvalue weighted by molar-refractivity contribution is 0.507. The molecule has 0 aliphatic heterocycles. The summed E-state index contributed by atoms with van der Waals surface area (Å²) in [7, 11) is 0. The second-order valence-electron chi connectivity index (χ2n) is 6.81. The zero-order chi connectivity index (χ0) is 18.2. The third kappa shape index (κ3) is 5.62. The van der Waals surface area contributed by atoms with Gasteiger partial charge in [0.25, 0.3) is 0 Å². The van der Waals surface area contributed by atoms with Crippen LogP contribution in [0.25, 0.3) is 0 Å². The highest BCUT2D eigenvalue weighted by atomic mass is 15.2. The van der Waals surface area contributed by atoms with E-state index in [1.807, 2.05) is 12.4 Å². The molecule has 1 heterocycles. The van der Waals surface area contributed by atoms with Crippen LogP contribution in [0.4, 0.5) is 0 Å². The molecule has 1 aromatic heterocycles. The predicted octanol–water partition coefficient (Wildman–Crippen LogP) is 3.66. The number of guanidine groups is 1. The highest BCUT2D eigenvalue weighted by Crippen LogP contribution is 2.16. The van der Waals surface area contributed by atoms with Crippen LogP contribution in [0.5, 0.6) is 0 Å². The van der Waals surface area contributed by atoms with E-state index in [1.54, 1.807) is 0 Å². The zero-order valence-corrected chi connectivity index (χ0v) is 16.1. The average molecular weight is 342 g/mol. The molecule has 0 saturated carbocycles. The van der Waals surface area contributed by atoms with E-state index < -0.39 is 0 Å². The van der Waals surface area contributed by atoms with Crippen LogP contribution in [0, 0.1) is 12.8 Å². The lowest BCUT2D eigenvalue weighted by Crippen LogP contribution is -2.39. The minimum atomic E-state index is 0.189. The summed E-state index contributed by atoms with van der Waals surface area (Å²) in [6.07, 6.45) is 3.88. The molecule has 2 aromatic rings. The van der Waals surface area contributed by atoms with Crippen molar-refractivity contribution in [3.05, 3.63) is 53.6 Å². The summed E-state index contributed by atoms with van der Waals surface area (Å²) in [6.45, 7) is 13.2. The smallest absolute Gasteiger partial charge is 0.192 e. The van der Waals surface area contributed by atoms with Crippen LogP contribution >= 0.6 is 0 Å². The lowest BCUT2D eigenvalue weighted by Gasteiger charge is -2.20. The Hall–Kier alpha value is -2.30. The van der Waals surface area contributed by atoms with E-state index in [-0.39, 0.29) is 6.04 Å². The van der Waals surface area contributed by atoms with Crippen molar-refractivity contribution in [2.75, 3.05) is 6.54 Å². The van der Waals surface area contributed by atoms with Crippen LogP contribution in [0.1, 0.15) is 50.7 Å². The Labute approximate surface area is 151 Å². The third-order valence-electron chi connectivity index (χ3n) is 4.09. The molecule has 0 radical (unpaired) electrons. The molecule has 0 bridgehead atoms. The molecule has 1 unspecified atom stereocenters. The van der Waals surface area contributed by atoms with Crippen LogP contribution in [-0.4, -0.2) is 22.1 Å². The standard InChI is InChI=1S/C20H31N5/c1-6-21-20(24-17(5)18-10-8-7-9-16(18)4)23-13-19-22-11-12-25(19)14-15(2)3/h7-12,15,17H,6,13-14H2,1-5H3,(H2,21,23,24). The molecule has 0 aliphatic carbocycles. The fourth-order valence-electron chi connectivity index (χ4n) is 2.88. The first-order valence-corrected chi connectivity index (χ1v) is 9.11. The molecule has 5 nitrogen and oxygen atoms in total. The topological polar surface area (TPSA) is 54.2 Å². The van der Waals surface area contributed by atoms with Gasteiger partial charge in [0.1, 0.15) is 12.4 Å². The predicted molar refractivity (Wildman–Crippen MR) is 105 cm³/mol. The van der Waals surface area contributed by atoms with Gasteiger partial charge >= 0.3 is 0 Å². The van der Waals surface area contributed by atoms with Crippen molar-refractivity contribution < 1.29 is 0 Å². The van der Waals surface area contributed by atoms with Gasteiger partial charge < -0.3 is 15.2 Å². The van der Waals surface area contributed by atoms with E-state index in [9.17, 15) is 0 Å². The van der Waals surface area contributed by atoms with Crippen molar-refractivity contribution in [3.63, 3.8) is 0 Å². The zero-order valence-electron chi connectivity index (χ0n) is 16.1. The Bertz CT molecular complexity index is 687. The molecule has 0 amide bonds. The van der Waals surface area contributed by atoms with Gasteiger partial charge in [-0.15, -0.1) is 0 Å². The minimum Gasteiger partial charge on any atom is -0.357 e. The first-order valence-electron chi connectivity index (χ1n) is 9.11. The monoisotopic (exact) mass is 341 g/mol. The van der Waals surface area contributed by atoms with E-state index in [4.69, 9.17) is 4.99 Å². The summed E-state index contributed by atoms with van der Waals surface area (Å²) in [6, 6.07) is 8.63. The normalized spacial score (nSPS) is 13.1. The van der Waals surface area contributed by atoms with Crippen LogP contribution in [-0.2, 0) is 13.1 Å². The van der Waals surface area contributed by atoms with E-state index in [0.29, 0.717) is 12.5 Å². The van der Waals surface area contributed by atoms with Gasteiger partial charge in [0.2, 0.25) is 0 Å². The number of hydrogen-bond acceptors (Lipinski definition) is 2. The maximum atomic E-state index is 4.73. The Balaban J connectivity index is 2.08. The van der Waals surface area contributed by atoms with Gasteiger partial charge in [-0.25, -0.2) is 9.98 Å². The average Bonchev–Trinajstić information content (AvgIpc) is 2.99. The molecule has 0 fully saturated rings. The number of hydrogen-bond donors (Lipinski definition) is 2. The van der Waals surface area contributed by atoms with Gasteiger partial charge in [0, 0.05) is 25.5 Å². The van der Waals surface area contributed by atoms with Crippen molar-refractivity contribution in [2.45, 2.75) is 53.8 Å². The number of nitrogens with one attached hydrogen (secondary N) is 2. The number of nitrogens with zero attached hydrogens (tertiary/aromatic N) is 3. The summed E-state index contributed by atoms with van der Waals surface area (Å²) in [4.78, 5) is 9.18. The Morgan fingerprint density at radius 3 is 2.68 bits per heavy atom. The fraction of sp³-hybridized carbons (Fsp3) is 0.500. The molecular formula is C20H31N5. The fourth-order valence-corrected chi connectivity index (χ4v) is 2.88. The Kier molecular flexibility index (Phi) is 7.04. The molecule has 1 aromatic carbocycles. The number of rotatable bonds is 7. The molecule has 5 heteroatoms. The molecule has 0 saturated heterocycles. The van der Waals surface area contributed by atoms with Gasteiger partial charge in [-0.3, -0.25) is 0 Å². The maximum Gasteiger partial charge on any atom is 0.192 e. The summed E-state index contributed by atoms with van der Waals surface area (Å²) in [5, 5.41) is 6.83. The minimum absolute atomic E-state index is 0.189. The largest absolute Gasteiger partial charge is 0.357 e. The van der Waals surface area contributed by atoms with Crippen molar-refractivity contribution in [3.8, 4) is 0 Å². The molecule has 25 heavy (non-hydrogen) atoms. The number of aliphatic imine (C=N–C) groups is 1. The van der Waals surface area contributed by atoms with Crippen molar-refractivity contribution >= 4 is 5.96 Å². The van der Waals surface area contributed by atoms with Gasteiger partial charge in [-0.1, -0.05) is 38.1 Å². The molecule has 0 spiro atoms. The van der Waals surface area contributed by atoms with Crippen LogP contribution < -0.4 is 10.6 Å². The van der Waals surface area contributed by atoms with E-state index in [0.717, 1.165) is 24.9 Å². The Morgan fingerprint density at radius 1 is 1.24 bits per heavy atom.